The number of para-hydroxylation sites is 1. The Morgan fingerprint density at radius 3 is 1.98 bits per heavy atom. The van der Waals surface area contributed by atoms with Crippen molar-refractivity contribution in [3.8, 4) is 5.75 Å². The molecule has 0 aliphatic rings. The summed E-state index contributed by atoms with van der Waals surface area (Å²) in [5, 5.41) is 21.4. The quantitative estimate of drug-likeness (QED) is 0.0407. The number of primary amides is 1. The minimum atomic E-state index is -1.07. The molecular weight excluding hydrogens is 554 g/mol. The summed E-state index contributed by atoms with van der Waals surface area (Å²) < 4.78 is 0. The van der Waals surface area contributed by atoms with Crippen molar-refractivity contribution in [3.05, 3.63) is 29.8 Å². The predicted molar refractivity (Wildman–Crippen MR) is 167 cm³/mol. The average Bonchev–Trinajstić information content (AvgIpc) is 2.95. The van der Waals surface area contributed by atoms with Crippen LogP contribution in [0.25, 0.3) is 0 Å². The highest BCUT2D eigenvalue weighted by atomic mass is 16.3. The number of phenolic OH excluding ortho intramolecular Hbond substituents is 1. The molecule has 242 valence electrons. The van der Waals surface area contributed by atoms with E-state index in [9.17, 15) is 24.3 Å². The van der Waals surface area contributed by atoms with Gasteiger partial charge in [0.25, 0.3) is 0 Å². The van der Waals surface area contributed by atoms with Gasteiger partial charge >= 0.3 is 0 Å². The monoisotopic (exact) mass is 605 g/mol. The SMILES string of the molecule is NC(=O)C[C@H](NC(=O)Cc1ccccc1O)C(=O)NCCCCNCCCCCCCCNC(=O)[C@@H](N)CCN=C(N)N. The van der Waals surface area contributed by atoms with Crippen LogP contribution in [-0.2, 0) is 25.6 Å². The molecule has 13 N–H and O–H groups in total. The van der Waals surface area contributed by atoms with Gasteiger partial charge in [-0.1, -0.05) is 43.9 Å². The molecule has 0 spiro atoms. The zero-order valence-corrected chi connectivity index (χ0v) is 25.1. The van der Waals surface area contributed by atoms with Gasteiger partial charge in [-0.3, -0.25) is 24.2 Å². The van der Waals surface area contributed by atoms with E-state index in [-0.39, 0.29) is 30.5 Å². The standard InChI is InChI=1S/C29H51N9O5/c30-22(13-18-37-29(32)33)27(42)35-16-8-4-2-1-3-7-14-34-15-9-10-17-36-28(43)23(20-25(31)40)38-26(41)19-21-11-5-6-12-24(21)39/h5-6,11-12,22-23,34,39H,1-4,7-10,13-20,30H2,(H2,31,40)(H,35,42)(H,36,43)(H,38,41)(H4,32,33,37)/t22-,23-/m0/s1. The maximum Gasteiger partial charge on any atom is 0.243 e. The fraction of sp³-hybridized carbons (Fsp3) is 0.621. The topological polar surface area (TPSA) is 253 Å². The molecule has 14 heteroatoms. The smallest absolute Gasteiger partial charge is 0.243 e. The van der Waals surface area contributed by atoms with Crippen molar-refractivity contribution in [1.82, 2.24) is 21.3 Å². The lowest BCUT2D eigenvalue weighted by molar-refractivity contribution is -0.131. The Labute approximate surface area is 254 Å². The van der Waals surface area contributed by atoms with Crippen molar-refractivity contribution in [3.63, 3.8) is 0 Å². The minimum Gasteiger partial charge on any atom is -0.508 e. The number of nitrogens with two attached hydrogens (primary N) is 4. The van der Waals surface area contributed by atoms with Gasteiger partial charge in [-0.25, -0.2) is 0 Å². The number of benzene rings is 1. The van der Waals surface area contributed by atoms with Crippen LogP contribution in [0, 0.1) is 0 Å². The molecule has 0 aromatic heterocycles. The summed E-state index contributed by atoms with van der Waals surface area (Å²) in [5.74, 6) is -1.87. The third kappa shape index (κ3) is 19.0. The fourth-order valence-electron chi connectivity index (χ4n) is 4.21. The first kappa shape index (κ1) is 37.1. The van der Waals surface area contributed by atoms with Gasteiger partial charge in [-0.05, 0) is 51.3 Å². The lowest BCUT2D eigenvalue weighted by Crippen LogP contribution is -2.49. The maximum atomic E-state index is 12.5. The van der Waals surface area contributed by atoms with Crippen LogP contribution < -0.4 is 44.2 Å². The van der Waals surface area contributed by atoms with Crippen molar-refractivity contribution < 1.29 is 24.3 Å². The molecule has 0 heterocycles. The van der Waals surface area contributed by atoms with Crippen LogP contribution in [0.15, 0.2) is 29.3 Å². The zero-order valence-electron chi connectivity index (χ0n) is 25.1. The van der Waals surface area contributed by atoms with Crippen LogP contribution in [0.2, 0.25) is 0 Å². The van der Waals surface area contributed by atoms with Gasteiger partial charge in [0.15, 0.2) is 5.96 Å². The predicted octanol–water partition coefficient (Wildman–Crippen LogP) is -0.771. The Hall–Kier alpha value is -3.91. The van der Waals surface area contributed by atoms with E-state index in [1.165, 1.54) is 6.07 Å². The first-order chi connectivity index (χ1) is 20.6. The largest absolute Gasteiger partial charge is 0.508 e. The summed E-state index contributed by atoms with van der Waals surface area (Å²) >= 11 is 0. The van der Waals surface area contributed by atoms with E-state index in [0.29, 0.717) is 31.6 Å². The lowest BCUT2D eigenvalue weighted by Gasteiger charge is -2.17. The number of unbranched alkanes of at least 4 members (excludes halogenated alkanes) is 6. The van der Waals surface area contributed by atoms with Crippen LogP contribution in [0.4, 0.5) is 0 Å². The van der Waals surface area contributed by atoms with Gasteiger partial charge < -0.3 is 49.3 Å². The number of phenols is 1. The van der Waals surface area contributed by atoms with Crippen LogP contribution in [0.3, 0.4) is 0 Å². The molecule has 0 bridgehead atoms. The van der Waals surface area contributed by atoms with Crippen molar-refractivity contribution in [2.24, 2.45) is 27.9 Å². The van der Waals surface area contributed by atoms with E-state index in [4.69, 9.17) is 22.9 Å². The van der Waals surface area contributed by atoms with Gasteiger partial charge in [0.05, 0.1) is 18.9 Å². The number of hydrogen-bond donors (Lipinski definition) is 9. The molecule has 0 saturated heterocycles. The normalized spacial score (nSPS) is 12.1. The average molecular weight is 606 g/mol. The van der Waals surface area contributed by atoms with E-state index in [2.05, 4.69) is 26.3 Å². The maximum absolute atomic E-state index is 12.5. The number of carbonyl (C=O) groups excluding carboxylic acids is 4. The highest BCUT2D eigenvalue weighted by Gasteiger charge is 2.23. The number of hydrogen-bond acceptors (Lipinski definition) is 8. The molecular formula is C29H51N9O5. The summed E-state index contributed by atoms with van der Waals surface area (Å²) in [4.78, 5) is 52.0. The molecule has 14 nitrogen and oxygen atoms in total. The van der Waals surface area contributed by atoms with Gasteiger partial charge in [0, 0.05) is 25.2 Å². The van der Waals surface area contributed by atoms with Gasteiger partial charge in [0.2, 0.25) is 23.6 Å². The van der Waals surface area contributed by atoms with Crippen molar-refractivity contribution in [2.75, 3.05) is 32.7 Å². The molecule has 43 heavy (non-hydrogen) atoms. The summed E-state index contributed by atoms with van der Waals surface area (Å²) in [5.41, 5.74) is 22.0. The zero-order chi connectivity index (χ0) is 31.9. The fourth-order valence-corrected chi connectivity index (χ4v) is 4.21. The number of amides is 4. The number of guanidine groups is 1. The molecule has 0 saturated carbocycles. The van der Waals surface area contributed by atoms with Crippen molar-refractivity contribution in [2.45, 2.75) is 82.7 Å². The van der Waals surface area contributed by atoms with E-state index >= 15 is 0 Å². The first-order valence-electron chi connectivity index (χ1n) is 15.0. The van der Waals surface area contributed by atoms with Crippen LogP contribution in [-0.4, -0.2) is 79.5 Å². The Morgan fingerprint density at radius 1 is 0.791 bits per heavy atom. The molecule has 0 aliphatic carbocycles. The Bertz CT molecular complexity index is 1020. The summed E-state index contributed by atoms with van der Waals surface area (Å²) in [6.45, 7) is 3.10. The molecule has 4 amide bonds. The molecule has 0 aliphatic heterocycles. The van der Waals surface area contributed by atoms with Crippen LogP contribution in [0.1, 0.15) is 69.8 Å². The van der Waals surface area contributed by atoms with Gasteiger partial charge in [0.1, 0.15) is 11.8 Å². The molecule has 2 atom stereocenters. The summed E-state index contributed by atoms with van der Waals surface area (Å²) in [6, 6.07) is 4.74. The molecule has 1 aromatic rings. The number of nitrogens with zero attached hydrogens (tertiary/aromatic N) is 1. The van der Waals surface area contributed by atoms with Gasteiger partial charge in [-0.15, -0.1) is 0 Å². The number of rotatable bonds is 24. The van der Waals surface area contributed by atoms with E-state index in [1.807, 2.05) is 0 Å². The lowest BCUT2D eigenvalue weighted by atomic mass is 10.1. The number of aliphatic imine (C=N–C) groups is 1. The third-order valence-corrected chi connectivity index (χ3v) is 6.63. The van der Waals surface area contributed by atoms with Crippen LogP contribution in [0.5, 0.6) is 5.75 Å². The first-order valence-corrected chi connectivity index (χ1v) is 15.0. The molecule has 0 fully saturated rings. The van der Waals surface area contributed by atoms with Gasteiger partial charge in [-0.2, -0.15) is 0 Å². The second-order valence-electron chi connectivity index (χ2n) is 10.5. The second-order valence-corrected chi connectivity index (χ2v) is 10.5. The number of carbonyl (C=O) groups is 4. The highest BCUT2D eigenvalue weighted by molar-refractivity contribution is 5.92. The molecule has 1 rings (SSSR count). The molecule has 1 aromatic carbocycles. The number of nitrogens with one attached hydrogen (secondary N) is 4. The van der Waals surface area contributed by atoms with E-state index < -0.39 is 29.8 Å². The highest BCUT2D eigenvalue weighted by Crippen LogP contribution is 2.16. The number of aromatic hydroxyl groups is 1. The second kappa shape index (κ2) is 22.7. The Balaban J connectivity index is 2.04. The van der Waals surface area contributed by atoms with Crippen LogP contribution >= 0.6 is 0 Å². The Kier molecular flexibility index (Phi) is 19.6. The third-order valence-electron chi connectivity index (χ3n) is 6.63. The van der Waals surface area contributed by atoms with Crippen molar-refractivity contribution in [1.29, 1.82) is 0 Å². The van der Waals surface area contributed by atoms with E-state index in [0.717, 1.165) is 64.5 Å². The summed E-state index contributed by atoms with van der Waals surface area (Å²) in [6.07, 6.45) is 7.97. The molecule has 0 unspecified atom stereocenters. The Morgan fingerprint density at radius 2 is 1.35 bits per heavy atom. The summed E-state index contributed by atoms with van der Waals surface area (Å²) in [7, 11) is 0. The van der Waals surface area contributed by atoms with E-state index in [1.54, 1.807) is 18.2 Å². The minimum absolute atomic E-state index is 0.00980. The molecule has 0 radical (unpaired) electrons. The van der Waals surface area contributed by atoms with Crippen molar-refractivity contribution >= 4 is 29.6 Å².